The van der Waals surface area contributed by atoms with E-state index in [1.807, 2.05) is 0 Å². The van der Waals surface area contributed by atoms with Gasteiger partial charge in [0.25, 0.3) is 5.91 Å². The summed E-state index contributed by atoms with van der Waals surface area (Å²) in [5.74, 6) is -0.993. The maximum absolute atomic E-state index is 11.7. The summed E-state index contributed by atoms with van der Waals surface area (Å²) in [6, 6.07) is 4.36. The lowest BCUT2D eigenvalue weighted by molar-refractivity contribution is -0.127. The van der Waals surface area contributed by atoms with E-state index in [1.54, 1.807) is 12.1 Å². The van der Waals surface area contributed by atoms with Gasteiger partial charge >= 0.3 is 5.97 Å². The largest absolute Gasteiger partial charge is 0.497 e. The first-order chi connectivity index (χ1) is 9.49. The zero-order valence-electron chi connectivity index (χ0n) is 11.4. The third-order valence-electron chi connectivity index (χ3n) is 2.51. The highest BCUT2D eigenvalue weighted by molar-refractivity contribution is 5.91. The summed E-state index contributed by atoms with van der Waals surface area (Å²) in [6.45, 7) is 5.34. The average Bonchev–Trinajstić information content (AvgIpc) is 2.44. The maximum Gasteiger partial charge on any atom is 0.339 e. The number of benzene rings is 1. The molecule has 0 heterocycles. The molecule has 0 aromatic heterocycles. The van der Waals surface area contributed by atoms with E-state index in [0.29, 0.717) is 12.3 Å². The number of ether oxygens (including phenoxy) is 2. The maximum atomic E-state index is 11.7. The Hall–Kier alpha value is -2.50. The Morgan fingerprint density at radius 3 is 2.75 bits per heavy atom. The molecular formula is C14H17NO5. The third-order valence-corrected chi connectivity index (χ3v) is 2.51. The highest BCUT2D eigenvalue weighted by Gasteiger charge is 2.19. The summed E-state index contributed by atoms with van der Waals surface area (Å²) in [5.41, 5.74) is -0.0623. The molecule has 1 unspecified atom stereocenters. The molecule has 1 aromatic carbocycles. The minimum Gasteiger partial charge on any atom is -0.497 e. The molecule has 0 radical (unpaired) electrons. The quantitative estimate of drug-likeness (QED) is 0.738. The van der Waals surface area contributed by atoms with Gasteiger partial charge in [-0.2, -0.15) is 0 Å². The topological polar surface area (TPSA) is 84.9 Å². The minimum absolute atomic E-state index is 0.0623. The summed E-state index contributed by atoms with van der Waals surface area (Å²) >= 11 is 0. The number of carboxylic acids is 1. The van der Waals surface area contributed by atoms with E-state index in [-0.39, 0.29) is 17.2 Å². The van der Waals surface area contributed by atoms with Gasteiger partial charge in [-0.05, 0) is 25.1 Å². The van der Waals surface area contributed by atoms with Crippen molar-refractivity contribution in [2.24, 2.45) is 0 Å². The van der Waals surface area contributed by atoms with Crippen molar-refractivity contribution in [1.29, 1.82) is 0 Å². The number of nitrogens with one attached hydrogen (secondary N) is 1. The number of rotatable bonds is 7. The van der Waals surface area contributed by atoms with Crippen molar-refractivity contribution in [2.45, 2.75) is 13.0 Å². The number of amides is 1. The molecule has 0 aliphatic carbocycles. The fourth-order valence-corrected chi connectivity index (χ4v) is 1.47. The Kier molecular flexibility index (Phi) is 5.58. The van der Waals surface area contributed by atoms with Crippen molar-refractivity contribution < 1.29 is 24.2 Å². The van der Waals surface area contributed by atoms with E-state index < -0.39 is 12.1 Å². The fraction of sp³-hybridized carbons (Fsp3) is 0.286. The summed E-state index contributed by atoms with van der Waals surface area (Å²) in [7, 11) is 1.44. The zero-order valence-corrected chi connectivity index (χ0v) is 11.4. The van der Waals surface area contributed by atoms with Crippen molar-refractivity contribution in [1.82, 2.24) is 5.32 Å². The molecule has 1 rings (SSSR count). The lowest BCUT2D eigenvalue weighted by Crippen LogP contribution is -2.36. The second-order valence-corrected chi connectivity index (χ2v) is 3.96. The molecule has 6 heteroatoms. The predicted octanol–water partition coefficient (Wildman–Crippen LogP) is 1.46. The van der Waals surface area contributed by atoms with Crippen LogP contribution in [0.3, 0.4) is 0 Å². The highest BCUT2D eigenvalue weighted by Crippen LogP contribution is 2.25. The number of carboxylic acid groups (broad SMARTS) is 1. The van der Waals surface area contributed by atoms with Gasteiger partial charge in [-0.25, -0.2) is 4.79 Å². The van der Waals surface area contributed by atoms with Crippen molar-refractivity contribution in [3.05, 3.63) is 36.4 Å². The SMILES string of the molecule is C=CCNC(=O)C(C)Oc1ccc(OC)cc1C(=O)O. The molecule has 0 bridgehead atoms. The van der Waals surface area contributed by atoms with Gasteiger partial charge in [0.2, 0.25) is 0 Å². The van der Waals surface area contributed by atoms with Crippen LogP contribution in [0.5, 0.6) is 11.5 Å². The van der Waals surface area contributed by atoms with Gasteiger partial charge in [-0.3, -0.25) is 4.79 Å². The molecule has 0 saturated carbocycles. The molecule has 1 amide bonds. The predicted molar refractivity (Wildman–Crippen MR) is 73.3 cm³/mol. The van der Waals surface area contributed by atoms with Crippen LogP contribution in [0.2, 0.25) is 0 Å². The summed E-state index contributed by atoms with van der Waals surface area (Å²) in [5, 5.41) is 11.7. The molecule has 1 aromatic rings. The van der Waals surface area contributed by atoms with Crippen molar-refractivity contribution in [2.75, 3.05) is 13.7 Å². The van der Waals surface area contributed by atoms with Crippen molar-refractivity contribution in [3.8, 4) is 11.5 Å². The normalized spacial score (nSPS) is 11.3. The number of carbonyl (C=O) groups excluding carboxylic acids is 1. The van der Waals surface area contributed by atoms with Crippen molar-refractivity contribution in [3.63, 3.8) is 0 Å². The molecule has 0 fully saturated rings. The van der Waals surface area contributed by atoms with E-state index in [4.69, 9.17) is 14.6 Å². The van der Waals surface area contributed by atoms with Crippen LogP contribution in [0.15, 0.2) is 30.9 Å². The molecule has 0 aliphatic rings. The molecule has 108 valence electrons. The lowest BCUT2D eigenvalue weighted by Gasteiger charge is -2.16. The Balaban J connectivity index is 2.88. The molecule has 2 N–H and O–H groups in total. The standard InChI is InChI=1S/C14H17NO5/c1-4-7-15-13(16)9(2)20-12-6-5-10(19-3)8-11(12)14(17)18/h4-6,8-9H,1,7H2,2-3H3,(H,15,16)(H,17,18). The Morgan fingerprint density at radius 2 is 2.20 bits per heavy atom. The molecule has 6 nitrogen and oxygen atoms in total. The third kappa shape index (κ3) is 4.01. The number of hydrogen-bond acceptors (Lipinski definition) is 4. The van der Waals surface area contributed by atoms with Gasteiger partial charge in [0.15, 0.2) is 6.10 Å². The average molecular weight is 279 g/mol. The Morgan fingerprint density at radius 1 is 1.50 bits per heavy atom. The first-order valence-electron chi connectivity index (χ1n) is 5.96. The molecule has 0 saturated heterocycles. The van der Waals surface area contributed by atoms with Gasteiger partial charge < -0.3 is 19.9 Å². The molecule has 0 spiro atoms. The van der Waals surface area contributed by atoms with E-state index in [9.17, 15) is 9.59 Å². The van der Waals surface area contributed by atoms with Gasteiger partial charge in [0.1, 0.15) is 17.1 Å². The van der Waals surface area contributed by atoms with Crippen LogP contribution < -0.4 is 14.8 Å². The smallest absolute Gasteiger partial charge is 0.339 e. The highest BCUT2D eigenvalue weighted by atomic mass is 16.5. The van der Waals surface area contributed by atoms with Crippen LogP contribution in [-0.2, 0) is 4.79 Å². The van der Waals surface area contributed by atoms with E-state index in [2.05, 4.69) is 11.9 Å². The second kappa shape index (κ2) is 7.18. The van der Waals surface area contributed by atoms with Gasteiger partial charge in [-0.15, -0.1) is 6.58 Å². The Labute approximate surface area is 117 Å². The molecule has 0 aliphatic heterocycles. The molecule has 1 atom stereocenters. The number of carbonyl (C=O) groups is 2. The molecular weight excluding hydrogens is 262 g/mol. The first kappa shape index (κ1) is 15.6. The van der Waals surface area contributed by atoms with Gasteiger partial charge in [-0.1, -0.05) is 6.08 Å². The minimum atomic E-state index is -1.16. The summed E-state index contributed by atoms with van der Waals surface area (Å²) in [6.07, 6.45) is 0.724. The van der Waals surface area contributed by atoms with E-state index in [0.717, 1.165) is 0 Å². The van der Waals surface area contributed by atoms with E-state index in [1.165, 1.54) is 26.2 Å². The van der Waals surface area contributed by atoms with Crippen LogP contribution in [0.1, 0.15) is 17.3 Å². The lowest BCUT2D eigenvalue weighted by atomic mass is 10.2. The summed E-state index contributed by atoms with van der Waals surface area (Å²) < 4.78 is 10.3. The van der Waals surface area contributed by atoms with Gasteiger partial charge in [0.05, 0.1) is 7.11 Å². The monoisotopic (exact) mass is 279 g/mol. The van der Waals surface area contributed by atoms with Crippen LogP contribution in [0.4, 0.5) is 0 Å². The van der Waals surface area contributed by atoms with E-state index >= 15 is 0 Å². The number of methoxy groups -OCH3 is 1. The van der Waals surface area contributed by atoms with Crippen LogP contribution in [-0.4, -0.2) is 36.7 Å². The Bertz CT molecular complexity index is 512. The number of aromatic carboxylic acids is 1. The number of hydrogen-bond donors (Lipinski definition) is 2. The fourth-order valence-electron chi connectivity index (χ4n) is 1.47. The van der Waals surface area contributed by atoms with Crippen LogP contribution in [0, 0.1) is 0 Å². The van der Waals surface area contributed by atoms with Crippen LogP contribution in [0.25, 0.3) is 0 Å². The summed E-state index contributed by atoms with van der Waals surface area (Å²) in [4.78, 5) is 22.8. The second-order valence-electron chi connectivity index (χ2n) is 3.96. The van der Waals surface area contributed by atoms with Gasteiger partial charge in [0, 0.05) is 6.54 Å². The van der Waals surface area contributed by atoms with Crippen molar-refractivity contribution >= 4 is 11.9 Å². The zero-order chi connectivity index (χ0) is 15.1. The first-order valence-corrected chi connectivity index (χ1v) is 5.96. The van der Waals surface area contributed by atoms with Crippen LogP contribution >= 0.6 is 0 Å². The molecule has 20 heavy (non-hydrogen) atoms.